The number of hydrogen-bond acceptors (Lipinski definition) is 4. The Bertz CT molecular complexity index is 546. The van der Waals surface area contributed by atoms with Crippen LogP contribution in [0.2, 0.25) is 0 Å². The lowest BCUT2D eigenvalue weighted by Gasteiger charge is -2.38. The molecule has 0 bridgehead atoms. The van der Waals surface area contributed by atoms with E-state index < -0.39 is 17.9 Å². The van der Waals surface area contributed by atoms with Gasteiger partial charge in [-0.05, 0) is 19.1 Å². The minimum atomic E-state index is -4.78. The Morgan fingerprint density at radius 1 is 1.50 bits per heavy atom. The van der Waals surface area contributed by atoms with Crippen molar-refractivity contribution in [1.29, 1.82) is 0 Å². The lowest BCUT2D eigenvalue weighted by molar-refractivity contribution is -0.274. The molecule has 0 saturated heterocycles. The topological polar surface area (TPSA) is 59.0 Å². The second-order valence-corrected chi connectivity index (χ2v) is 4.67. The molecule has 0 amide bonds. The molecule has 8 heteroatoms. The van der Waals surface area contributed by atoms with Gasteiger partial charge in [0, 0.05) is 13.1 Å². The van der Waals surface area contributed by atoms with Crippen LogP contribution in [0.4, 0.5) is 18.9 Å². The van der Waals surface area contributed by atoms with E-state index in [9.17, 15) is 18.0 Å². The first-order valence-corrected chi connectivity index (χ1v) is 5.64. The molecule has 20 heavy (non-hydrogen) atoms. The van der Waals surface area contributed by atoms with Gasteiger partial charge in [0.1, 0.15) is 11.5 Å². The molecule has 1 heterocycles. The van der Waals surface area contributed by atoms with Crippen molar-refractivity contribution in [2.45, 2.75) is 18.9 Å². The molecule has 0 saturated carbocycles. The number of rotatable bonds is 2. The average molecular weight is 291 g/mol. The molecule has 0 spiro atoms. The molecule has 1 atom stereocenters. The zero-order chi connectivity index (χ0) is 15.1. The predicted octanol–water partition coefficient (Wildman–Crippen LogP) is 2.26. The summed E-state index contributed by atoms with van der Waals surface area (Å²) in [5.74, 6) is -1.34. The molecule has 0 aliphatic carbocycles. The number of aliphatic carboxylic acids is 1. The largest absolute Gasteiger partial charge is 0.573 e. The standard InChI is InChI=1S/C12H12F3NO4/c1-11(10(17)18)6-16(2)8-5-7(19-12(13,14)15)3-4-9(8)20-11/h3-5H,6H2,1-2H3,(H,17,18). The van der Waals surface area contributed by atoms with Crippen LogP contribution in [0.3, 0.4) is 0 Å². The molecule has 1 unspecified atom stereocenters. The van der Waals surface area contributed by atoms with Crippen LogP contribution in [0.1, 0.15) is 6.92 Å². The fourth-order valence-corrected chi connectivity index (χ4v) is 2.00. The fraction of sp³-hybridized carbons (Fsp3) is 0.417. The van der Waals surface area contributed by atoms with Gasteiger partial charge in [-0.2, -0.15) is 0 Å². The smallest absolute Gasteiger partial charge is 0.478 e. The highest BCUT2D eigenvalue weighted by Crippen LogP contribution is 2.39. The number of hydrogen-bond donors (Lipinski definition) is 1. The first-order valence-electron chi connectivity index (χ1n) is 5.64. The summed E-state index contributed by atoms with van der Waals surface area (Å²) in [4.78, 5) is 12.7. The maximum Gasteiger partial charge on any atom is 0.573 e. The van der Waals surface area contributed by atoms with Crippen molar-refractivity contribution in [2.75, 3.05) is 18.5 Å². The number of carboxylic acids is 1. The number of likely N-dealkylation sites (N-methyl/N-ethyl adjacent to an activating group) is 1. The van der Waals surface area contributed by atoms with Gasteiger partial charge in [-0.25, -0.2) is 4.79 Å². The van der Waals surface area contributed by atoms with E-state index in [1.807, 2.05) is 0 Å². The van der Waals surface area contributed by atoms with Crippen molar-refractivity contribution in [3.8, 4) is 11.5 Å². The summed E-state index contributed by atoms with van der Waals surface area (Å²) in [5, 5.41) is 9.12. The highest BCUT2D eigenvalue weighted by molar-refractivity contribution is 5.80. The van der Waals surface area contributed by atoms with E-state index in [1.165, 1.54) is 17.9 Å². The molecular formula is C12H12F3NO4. The fourth-order valence-electron chi connectivity index (χ4n) is 2.00. The van der Waals surface area contributed by atoms with Crippen molar-refractivity contribution in [2.24, 2.45) is 0 Å². The Morgan fingerprint density at radius 2 is 2.15 bits per heavy atom. The molecular weight excluding hydrogens is 279 g/mol. The summed E-state index contributed by atoms with van der Waals surface area (Å²) in [7, 11) is 1.57. The van der Waals surface area contributed by atoms with Gasteiger partial charge in [0.15, 0.2) is 0 Å². The predicted molar refractivity (Wildman–Crippen MR) is 63.1 cm³/mol. The molecule has 5 nitrogen and oxygen atoms in total. The van der Waals surface area contributed by atoms with Crippen LogP contribution in [0, 0.1) is 0 Å². The van der Waals surface area contributed by atoms with Crippen LogP contribution in [-0.2, 0) is 4.79 Å². The minimum absolute atomic E-state index is 0.00477. The molecule has 0 radical (unpaired) electrons. The van der Waals surface area contributed by atoms with Gasteiger partial charge in [-0.15, -0.1) is 13.2 Å². The normalized spacial score (nSPS) is 21.9. The number of nitrogens with zero attached hydrogens (tertiary/aromatic N) is 1. The van der Waals surface area contributed by atoms with E-state index in [0.717, 1.165) is 12.1 Å². The molecule has 2 rings (SSSR count). The summed E-state index contributed by atoms with van der Waals surface area (Å²) in [6.07, 6.45) is -4.78. The highest BCUT2D eigenvalue weighted by Gasteiger charge is 2.42. The number of anilines is 1. The molecule has 110 valence electrons. The third-order valence-electron chi connectivity index (χ3n) is 2.90. The summed E-state index contributed by atoms with van der Waals surface area (Å²) < 4.78 is 45.6. The van der Waals surface area contributed by atoms with Gasteiger partial charge in [-0.3, -0.25) is 0 Å². The molecule has 1 N–H and O–H groups in total. The lowest BCUT2D eigenvalue weighted by atomic mass is 10.0. The Kier molecular flexibility index (Phi) is 3.19. The van der Waals surface area contributed by atoms with Crippen molar-refractivity contribution in [3.05, 3.63) is 18.2 Å². The molecule has 1 aromatic carbocycles. The van der Waals surface area contributed by atoms with Crippen LogP contribution in [0.25, 0.3) is 0 Å². The monoisotopic (exact) mass is 291 g/mol. The van der Waals surface area contributed by atoms with Crippen LogP contribution < -0.4 is 14.4 Å². The number of carbonyl (C=O) groups is 1. The quantitative estimate of drug-likeness (QED) is 0.905. The van der Waals surface area contributed by atoms with Crippen LogP contribution in [-0.4, -0.2) is 36.6 Å². The number of alkyl halides is 3. The Balaban J connectivity index is 2.33. The van der Waals surface area contributed by atoms with E-state index in [0.29, 0.717) is 5.69 Å². The van der Waals surface area contributed by atoms with Crippen LogP contribution >= 0.6 is 0 Å². The van der Waals surface area contributed by atoms with Gasteiger partial charge in [-0.1, -0.05) is 0 Å². The third kappa shape index (κ3) is 2.73. The second kappa shape index (κ2) is 4.46. The first-order chi connectivity index (χ1) is 9.11. The first kappa shape index (κ1) is 14.3. The van der Waals surface area contributed by atoms with Gasteiger partial charge in [0.2, 0.25) is 5.60 Å². The van der Waals surface area contributed by atoms with Gasteiger partial charge >= 0.3 is 12.3 Å². The van der Waals surface area contributed by atoms with E-state index in [2.05, 4.69) is 4.74 Å². The molecule has 1 aliphatic rings. The number of halogens is 3. The van der Waals surface area contributed by atoms with E-state index in [1.54, 1.807) is 7.05 Å². The molecule has 0 aromatic heterocycles. The summed E-state index contributed by atoms with van der Waals surface area (Å²) in [6.45, 7) is 1.40. The van der Waals surface area contributed by atoms with Crippen LogP contribution in [0.15, 0.2) is 18.2 Å². The zero-order valence-corrected chi connectivity index (χ0v) is 10.7. The number of fused-ring (bicyclic) bond motifs is 1. The molecule has 1 aromatic rings. The third-order valence-corrected chi connectivity index (χ3v) is 2.90. The maximum atomic E-state index is 12.2. The number of carboxylic acid groups (broad SMARTS) is 1. The number of ether oxygens (including phenoxy) is 2. The molecule has 0 fully saturated rings. The van der Waals surface area contributed by atoms with Crippen molar-refractivity contribution >= 4 is 11.7 Å². The van der Waals surface area contributed by atoms with Crippen molar-refractivity contribution in [1.82, 2.24) is 0 Å². The van der Waals surface area contributed by atoms with Gasteiger partial charge in [0.25, 0.3) is 0 Å². The molecule has 1 aliphatic heterocycles. The van der Waals surface area contributed by atoms with E-state index in [-0.39, 0.29) is 18.0 Å². The Morgan fingerprint density at radius 3 is 2.70 bits per heavy atom. The second-order valence-electron chi connectivity index (χ2n) is 4.67. The van der Waals surface area contributed by atoms with Gasteiger partial charge < -0.3 is 19.5 Å². The van der Waals surface area contributed by atoms with Crippen molar-refractivity contribution < 1.29 is 32.5 Å². The summed E-state index contributed by atoms with van der Waals surface area (Å²) in [5.41, 5.74) is -1.11. The average Bonchev–Trinajstić information content (AvgIpc) is 2.28. The van der Waals surface area contributed by atoms with E-state index >= 15 is 0 Å². The van der Waals surface area contributed by atoms with E-state index in [4.69, 9.17) is 9.84 Å². The Hall–Kier alpha value is -2.12. The summed E-state index contributed by atoms with van der Waals surface area (Å²) >= 11 is 0. The number of benzene rings is 1. The zero-order valence-electron chi connectivity index (χ0n) is 10.7. The van der Waals surface area contributed by atoms with Crippen LogP contribution in [0.5, 0.6) is 11.5 Å². The highest BCUT2D eigenvalue weighted by atomic mass is 19.4. The lowest BCUT2D eigenvalue weighted by Crippen LogP contribution is -2.53. The maximum absolute atomic E-state index is 12.2. The van der Waals surface area contributed by atoms with Crippen molar-refractivity contribution in [3.63, 3.8) is 0 Å². The summed E-state index contributed by atoms with van der Waals surface area (Å²) in [6, 6.07) is 3.49. The Labute approximate surface area is 112 Å². The minimum Gasteiger partial charge on any atom is -0.478 e. The SMILES string of the molecule is CN1CC(C)(C(=O)O)Oc2ccc(OC(F)(F)F)cc21. The van der Waals surface area contributed by atoms with Gasteiger partial charge in [0.05, 0.1) is 12.2 Å².